The fourth-order valence-electron chi connectivity index (χ4n) is 3.05. The molecule has 1 aliphatic rings. The van der Waals surface area contributed by atoms with Crippen LogP contribution in [-0.2, 0) is 6.42 Å². The fourth-order valence-corrected chi connectivity index (χ4v) is 3.77. The van der Waals surface area contributed by atoms with Crippen LogP contribution in [0.2, 0.25) is 0 Å². The minimum Gasteiger partial charge on any atom is -0.389 e. The van der Waals surface area contributed by atoms with Crippen LogP contribution in [0.1, 0.15) is 44.4 Å². The second-order valence-corrected chi connectivity index (χ2v) is 6.32. The van der Waals surface area contributed by atoms with E-state index in [9.17, 15) is 5.11 Å². The first-order valence-corrected chi connectivity index (χ1v) is 7.09. The summed E-state index contributed by atoms with van der Waals surface area (Å²) in [7, 11) is 0. The predicted octanol–water partition coefficient (Wildman–Crippen LogP) is 3.26. The molecule has 2 nitrogen and oxygen atoms in total. The van der Waals surface area contributed by atoms with E-state index in [2.05, 4.69) is 18.8 Å². The van der Waals surface area contributed by atoms with Crippen LogP contribution in [-0.4, -0.2) is 15.7 Å². The maximum Gasteiger partial charge on any atom is 0.0794 e. The molecule has 1 saturated carbocycles. The van der Waals surface area contributed by atoms with E-state index < -0.39 is 5.60 Å². The Morgan fingerprint density at radius 1 is 1.56 bits per heavy atom. The molecule has 1 aromatic rings. The third-order valence-corrected chi connectivity index (χ3v) is 4.61. The van der Waals surface area contributed by atoms with Crippen LogP contribution >= 0.6 is 11.3 Å². The van der Waals surface area contributed by atoms with Gasteiger partial charge < -0.3 is 5.11 Å². The van der Waals surface area contributed by atoms with E-state index in [0.717, 1.165) is 12.8 Å². The topological polar surface area (TPSA) is 33.1 Å². The molecule has 0 aliphatic heterocycles. The summed E-state index contributed by atoms with van der Waals surface area (Å²) < 4.78 is 0. The molecule has 3 heteroatoms. The van der Waals surface area contributed by atoms with Gasteiger partial charge in [-0.15, -0.1) is 11.3 Å². The van der Waals surface area contributed by atoms with Crippen LogP contribution < -0.4 is 0 Å². The lowest BCUT2D eigenvalue weighted by atomic mass is 9.68. The van der Waals surface area contributed by atoms with E-state index >= 15 is 0 Å². The van der Waals surface area contributed by atoms with Crippen molar-refractivity contribution in [1.82, 2.24) is 4.98 Å². The molecule has 2 unspecified atom stereocenters. The van der Waals surface area contributed by atoms with Gasteiger partial charge in [0.1, 0.15) is 0 Å². The first kappa shape index (κ1) is 12.1. The zero-order chi connectivity index (χ0) is 11.6. The Hall–Kier alpha value is -0.410. The summed E-state index contributed by atoms with van der Waals surface area (Å²) in [5.41, 5.74) is 1.37. The summed E-state index contributed by atoms with van der Waals surface area (Å²) in [6, 6.07) is 0. The van der Waals surface area contributed by atoms with Gasteiger partial charge in [0, 0.05) is 17.5 Å². The minimum absolute atomic E-state index is 0.448. The number of thiazole rings is 1. The monoisotopic (exact) mass is 239 g/mol. The smallest absolute Gasteiger partial charge is 0.0794 e. The minimum atomic E-state index is -0.487. The molecule has 2 rings (SSSR count). The second-order valence-electron chi connectivity index (χ2n) is 5.34. The van der Waals surface area contributed by atoms with Crippen molar-refractivity contribution in [2.45, 2.75) is 51.6 Å². The fraction of sp³-hybridized carbons (Fsp3) is 0.769. The van der Waals surface area contributed by atoms with Crippen molar-refractivity contribution in [1.29, 1.82) is 0 Å². The van der Waals surface area contributed by atoms with Gasteiger partial charge in [-0.05, 0) is 24.7 Å². The first-order chi connectivity index (χ1) is 7.62. The van der Waals surface area contributed by atoms with E-state index in [1.807, 2.05) is 11.7 Å². The highest BCUT2D eigenvalue weighted by Gasteiger charge is 2.40. The van der Waals surface area contributed by atoms with Gasteiger partial charge in [-0.1, -0.05) is 26.7 Å². The van der Waals surface area contributed by atoms with Gasteiger partial charge in [-0.25, -0.2) is 0 Å². The summed E-state index contributed by atoms with van der Waals surface area (Å²) >= 11 is 1.66. The first-order valence-electron chi connectivity index (χ1n) is 6.21. The van der Waals surface area contributed by atoms with Crippen LogP contribution in [0.4, 0.5) is 0 Å². The van der Waals surface area contributed by atoms with E-state index in [0.29, 0.717) is 11.8 Å². The highest BCUT2D eigenvalue weighted by Crippen LogP contribution is 2.40. The van der Waals surface area contributed by atoms with Gasteiger partial charge in [0.2, 0.25) is 0 Å². The van der Waals surface area contributed by atoms with Crippen molar-refractivity contribution in [3.05, 3.63) is 16.6 Å². The lowest BCUT2D eigenvalue weighted by molar-refractivity contribution is -0.0647. The normalized spacial score (nSPS) is 30.9. The maximum absolute atomic E-state index is 10.9. The highest BCUT2D eigenvalue weighted by atomic mass is 32.1. The molecule has 0 amide bonds. The summed E-state index contributed by atoms with van der Waals surface area (Å²) in [6.07, 6.45) is 7.25. The summed E-state index contributed by atoms with van der Waals surface area (Å²) in [6.45, 7) is 4.46. The molecule has 16 heavy (non-hydrogen) atoms. The predicted molar refractivity (Wildman–Crippen MR) is 67.6 cm³/mol. The van der Waals surface area contributed by atoms with Crippen LogP contribution in [0.15, 0.2) is 11.7 Å². The average Bonchev–Trinajstić information content (AvgIpc) is 2.69. The van der Waals surface area contributed by atoms with Gasteiger partial charge in [0.15, 0.2) is 0 Å². The van der Waals surface area contributed by atoms with Gasteiger partial charge in [0.05, 0.1) is 11.1 Å². The molecule has 1 aliphatic carbocycles. The van der Waals surface area contributed by atoms with Gasteiger partial charge in [-0.3, -0.25) is 4.98 Å². The Morgan fingerprint density at radius 3 is 3.00 bits per heavy atom. The lowest BCUT2D eigenvalue weighted by Gasteiger charge is -2.42. The third kappa shape index (κ3) is 2.46. The molecule has 2 atom stereocenters. The summed E-state index contributed by atoms with van der Waals surface area (Å²) in [5.74, 6) is 1.02. The molecular weight excluding hydrogens is 218 g/mol. The molecule has 90 valence electrons. The second kappa shape index (κ2) is 4.84. The zero-order valence-corrected chi connectivity index (χ0v) is 11.0. The Bertz CT molecular complexity index is 323. The van der Waals surface area contributed by atoms with Crippen molar-refractivity contribution in [2.75, 3.05) is 0 Å². The van der Waals surface area contributed by atoms with Crippen LogP contribution in [0, 0.1) is 11.8 Å². The SMILES string of the molecule is CC(C)C1CCCCC1(O)Cc1cncs1. The molecule has 1 heterocycles. The number of aliphatic hydroxyl groups is 1. The van der Waals surface area contributed by atoms with E-state index in [1.54, 1.807) is 11.3 Å². The number of hydrogen-bond donors (Lipinski definition) is 1. The van der Waals surface area contributed by atoms with Crippen LogP contribution in [0.5, 0.6) is 0 Å². The lowest BCUT2D eigenvalue weighted by Crippen LogP contribution is -2.44. The molecule has 1 aromatic heterocycles. The van der Waals surface area contributed by atoms with Crippen LogP contribution in [0.25, 0.3) is 0 Å². The van der Waals surface area contributed by atoms with E-state index in [1.165, 1.54) is 24.1 Å². The number of hydrogen-bond acceptors (Lipinski definition) is 3. The Balaban J connectivity index is 2.13. The molecular formula is C13H21NOS. The molecule has 0 radical (unpaired) electrons. The summed E-state index contributed by atoms with van der Waals surface area (Å²) in [5, 5.41) is 10.9. The zero-order valence-electron chi connectivity index (χ0n) is 10.1. The standard InChI is InChI=1S/C13H21NOS/c1-10(2)12-5-3-4-6-13(12,15)7-11-8-14-9-16-11/h8-10,12,15H,3-7H2,1-2H3. The largest absolute Gasteiger partial charge is 0.389 e. The Kier molecular flexibility index (Phi) is 3.65. The molecule has 0 saturated heterocycles. The molecule has 1 N–H and O–H groups in total. The molecule has 1 fully saturated rings. The van der Waals surface area contributed by atoms with E-state index in [4.69, 9.17) is 0 Å². The third-order valence-electron chi connectivity index (χ3n) is 3.83. The van der Waals surface area contributed by atoms with Crippen molar-refractivity contribution < 1.29 is 5.11 Å². The van der Waals surface area contributed by atoms with Crippen molar-refractivity contribution in [3.8, 4) is 0 Å². The molecule has 0 aromatic carbocycles. The Morgan fingerprint density at radius 2 is 2.38 bits per heavy atom. The van der Waals surface area contributed by atoms with Crippen LogP contribution in [0.3, 0.4) is 0 Å². The average molecular weight is 239 g/mol. The van der Waals surface area contributed by atoms with Crippen molar-refractivity contribution in [3.63, 3.8) is 0 Å². The number of rotatable bonds is 3. The number of aromatic nitrogens is 1. The van der Waals surface area contributed by atoms with Crippen molar-refractivity contribution in [2.24, 2.45) is 11.8 Å². The highest BCUT2D eigenvalue weighted by molar-refractivity contribution is 7.09. The molecule has 0 bridgehead atoms. The van der Waals surface area contributed by atoms with Gasteiger partial charge in [0.25, 0.3) is 0 Å². The van der Waals surface area contributed by atoms with Gasteiger partial charge >= 0.3 is 0 Å². The maximum atomic E-state index is 10.9. The van der Waals surface area contributed by atoms with Crippen molar-refractivity contribution >= 4 is 11.3 Å². The molecule has 0 spiro atoms. The quantitative estimate of drug-likeness (QED) is 0.878. The number of nitrogens with zero attached hydrogens (tertiary/aromatic N) is 1. The van der Waals surface area contributed by atoms with Gasteiger partial charge in [-0.2, -0.15) is 0 Å². The summed E-state index contributed by atoms with van der Waals surface area (Å²) in [4.78, 5) is 5.31. The Labute approximate surface area is 102 Å². The van der Waals surface area contributed by atoms with E-state index in [-0.39, 0.29) is 0 Å².